The highest BCUT2D eigenvalue weighted by Crippen LogP contribution is 2.32. The molecule has 1 fully saturated rings. The second-order valence-corrected chi connectivity index (χ2v) is 8.29. The number of benzene rings is 1. The molecular formula is C23H23F3N4O3. The summed E-state index contributed by atoms with van der Waals surface area (Å²) in [5, 5.41) is 13.2. The quantitative estimate of drug-likeness (QED) is 0.608. The summed E-state index contributed by atoms with van der Waals surface area (Å²) in [6, 6.07) is 5.94. The molecule has 0 saturated carbocycles. The number of aliphatic hydroxyl groups excluding tert-OH is 1. The summed E-state index contributed by atoms with van der Waals surface area (Å²) in [4.78, 5) is 34.1. The lowest BCUT2D eigenvalue weighted by atomic mass is 9.97. The zero-order valence-corrected chi connectivity index (χ0v) is 17.9. The van der Waals surface area contributed by atoms with Gasteiger partial charge in [0.2, 0.25) is 0 Å². The van der Waals surface area contributed by atoms with Gasteiger partial charge >= 0.3 is 6.18 Å². The van der Waals surface area contributed by atoms with E-state index in [0.717, 1.165) is 23.1 Å². The highest BCUT2D eigenvalue weighted by atomic mass is 19.4. The van der Waals surface area contributed by atoms with Gasteiger partial charge in [-0.2, -0.15) is 13.2 Å². The third-order valence-corrected chi connectivity index (χ3v) is 5.80. The molecule has 10 heteroatoms. The molecule has 1 aliphatic rings. The van der Waals surface area contributed by atoms with Crippen molar-refractivity contribution in [3.63, 3.8) is 0 Å². The summed E-state index contributed by atoms with van der Waals surface area (Å²) in [6.07, 6.45) is -2.33. The van der Waals surface area contributed by atoms with Crippen LogP contribution < -0.4 is 10.9 Å². The summed E-state index contributed by atoms with van der Waals surface area (Å²) in [6.45, 7) is 2.17. The molecular weight excluding hydrogens is 437 g/mol. The molecule has 1 saturated heterocycles. The second-order valence-electron chi connectivity index (χ2n) is 8.29. The summed E-state index contributed by atoms with van der Waals surface area (Å²) >= 11 is 0. The molecule has 33 heavy (non-hydrogen) atoms. The van der Waals surface area contributed by atoms with Crippen LogP contribution in [-0.2, 0) is 17.5 Å². The van der Waals surface area contributed by atoms with Crippen LogP contribution in [0.3, 0.4) is 0 Å². The van der Waals surface area contributed by atoms with Gasteiger partial charge in [-0.05, 0) is 50.1 Å². The summed E-state index contributed by atoms with van der Waals surface area (Å²) in [7, 11) is 0. The van der Waals surface area contributed by atoms with Crippen LogP contribution in [0.5, 0.6) is 0 Å². The highest BCUT2D eigenvalue weighted by Gasteiger charge is 2.30. The molecule has 2 atom stereocenters. The van der Waals surface area contributed by atoms with Gasteiger partial charge in [0.15, 0.2) is 11.3 Å². The van der Waals surface area contributed by atoms with Gasteiger partial charge in [0.25, 0.3) is 5.56 Å². The molecule has 174 valence electrons. The Morgan fingerprint density at radius 1 is 1.27 bits per heavy atom. The molecule has 4 rings (SSSR count). The second kappa shape index (κ2) is 9.03. The van der Waals surface area contributed by atoms with E-state index >= 15 is 0 Å². The van der Waals surface area contributed by atoms with Crippen molar-refractivity contribution in [3.8, 4) is 11.3 Å². The molecule has 0 aliphatic carbocycles. The third-order valence-electron chi connectivity index (χ3n) is 5.80. The van der Waals surface area contributed by atoms with E-state index in [1.54, 1.807) is 13.0 Å². The maximum Gasteiger partial charge on any atom is 0.416 e. The van der Waals surface area contributed by atoms with Crippen LogP contribution in [0.25, 0.3) is 22.3 Å². The van der Waals surface area contributed by atoms with Crippen LogP contribution in [0.1, 0.15) is 30.4 Å². The van der Waals surface area contributed by atoms with Crippen molar-refractivity contribution in [1.29, 1.82) is 0 Å². The number of fused-ring (bicyclic) bond motifs is 1. The van der Waals surface area contributed by atoms with Crippen LogP contribution in [0.4, 0.5) is 13.2 Å². The number of ketones is 1. The van der Waals surface area contributed by atoms with Crippen LogP contribution in [0.2, 0.25) is 0 Å². The average Bonchev–Trinajstić information content (AvgIpc) is 2.77. The van der Waals surface area contributed by atoms with Crippen LogP contribution in [0.15, 0.2) is 41.5 Å². The van der Waals surface area contributed by atoms with Gasteiger partial charge in [0.05, 0.1) is 35.8 Å². The molecule has 0 radical (unpaired) electrons. The molecule has 1 aliphatic heterocycles. The number of hydrogen-bond acceptors (Lipinski definition) is 6. The number of aryl methyl sites for hydroxylation is 1. The number of carbonyl (C=O) groups is 1. The zero-order chi connectivity index (χ0) is 23.8. The predicted molar refractivity (Wildman–Crippen MR) is 116 cm³/mol. The SMILES string of the molecule is Cc1cc(-c2cccc(C(F)(F)F)c2)nc2c(=O)n(CC(=O)C[C@H]3NCCC[C@@H]3O)cnc12. The Bertz CT molecular complexity index is 1260. The standard InChI is InChI=1S/C23H23F3N4O3/c1-13-8-17(14-4-2-5-15(9-14)23(24,25)26)29-21-20(13)28-12-30(22(21)33)11-16(31)10-18-19(32)6-3-7-27-18/h2,4-5,8-9,12,18-19,27,32H,3,6-7,10-11H2,1H3/t18-,19+/m1/s1. The average molecular weight is 460 g/mol. The normalized spacial score (nSPS) is 19.1. The van der Waals surface area contributed by atoms with Gasteiger partial charge in [-0.3, -0.25) is 14.2 Å². The van der Waals surface area contributed by atoms with E-state index in [-0.39, 0.29) is 41.6 Å². The minimum absolute atomic E-state index is 0.0199. The first-order valence-corrected chi connectivity index (χ1v) is 10.6. The van der Waals surface area contributed by atoms with E-state index in [1.807, 2.05) is 0 Å². The van der Waals surface area contributed by atoms with Gasteiger partial charge < -0.3 is 10.4 Å². The molecule has 7 nitrogen and oxygen atoms in total. The van der Waals surface area contributed by atoms with Crippen molar-refractivity contribution in [2.45, 2.75) is 51.1 Å². The Kier molecular flexibility index (Phi) is 6.31. The Labute approximate surface area is 187 Å². The number of alkyl halides is 3. The first-order chi connectivity index (χ1) is 15.6. The molecule has 2 N–H and O–H groups in total. The minimum atomic E-state index is -4.50. The molecule has 0 amide bonds. The van der Waals surface area contributed by atoms with Crippen molar-refractivity contribution in [3.05, 3.63) is 58.1 Å². The number of aliphatic hydroxyl groups is 1. The van der Waals surface area contributed by atoms with Crippen molar-refractivity contribution in [1.82, 2.24) is 19.9 Å². The Morgan fingerprint density at radius 2 is 2.06 bits per heavy atom. The van der Waals surface area contributed by atoms with Crippen LogP contribution in [-0.4, -0.2) is 44.1 Å². The summed E-state index contributed by atoms with van der Waals surface area (Å²) in [5.41, 5.74) is -0.0498. The van der Waals surface area contributed by atoms with Gasteiger partial charge in [-0.15, -0.1) is 0 Å². The molecule has 1 aromatic carbocycles. The van der Waals surface area contributed by atoms with Gasteiger partial charge in [-0.25, -0.2) is 9.97 Å². The topological polar surface area (TPSA) is 97.1 Å². The third kappa shape index (κ3) is 4.96. The smallest absolute Gasteiger partial charge is 0.391 e. The lowest BCUT2D eigenvalue weighted by Gasteiger charge is -2.28. The van der Waals surface area contributed by atoms with Crippen molar-refractivity contribution in [2.75, 3.05) is 6.54 Å². The fraction of sp³-hybridized carbons (Fsp3) is 0.391. The Morgan fingerprint density at radius 3 is 2.79 bits per heavy atom. The number of nitrogens with zero attached hydrogens (tertiary/aromatic N) is 3. The zero-order valence-electron chi connectivity index (χ0n) is 17.9. The van der Waals surface area contributed by atoms with Crippen LogP contribution in [0, 0.1) is 6.92 Å². The van der Waals surface area contributed by atoms with E-state index in [4.69, 9.17) is 0 Å². The number of hydrogen-bond donors (Lipinski definition) is 2. The van der Waals surface area contributed by atoms with E-state index in [1.165, 1.54) is 18.5 Å². The number of aromatic nitrogens is 3. The van der Waals surface area contributed by atoms with Gasteiger partial charge in [-0.1, -0.05) is 12.1 Å². The summed E-state index contributed by atoms with van der Waals surface area (Å²) in [5.74, 6) is -0.248. The molecule has 2 aromatic heterocycles. The van der Waals surface area contributed by atoms with E-state index < -0.39 is 23.4 Å². The maximum absolute atomic E-state index is 13.1. The van der Waals surface area contributed by atoms with Crippen molar-refractivity contribution in [2.24, 2.45) is 0 Å². The van der Waals surface area contributed by atoms with E-state index in [2.05, 4.69) is 15.3 Å². The lowest BCUT2D eigenvalue weighted by Crippen LogP contribution is -2.46. The van der Waals surface area contributed by atoms with E-state index in [9.17, 15) is 27.9 Å². The highest BCUT2D eigenvalue weighted by molar-refractivity contribution is 5.82. The van der Waals surface area contributed by atoms with Crippen molar-refractivity contribution < 1.29 is 23.1 Å². The summed E-state index contributed by atoms with van der Waals surface area (Å²) < 4.78 is 40.5. The number of nitrogens with one attached hydrogen (secondary N) is 1. The number of Topliss-reactive ketones (excluding diaryl/α,β-unsaturated/α-hetero) is 1. The van der Waals surface area contributed by atoms with Crippen LogP contribution >= 0.6 is 0 Å². The lowest BCUT2D eigenvalue weighted by molar-refractivity contribution is -0.137. The molecule has 0 spiro atoms. The number of carbonyl (C=O) groups excluding carboxylic acids is 1. The Hall–Kier alpha value is -3.11. The number of pyridine rings is 1. The predicted octanol–water partition coefficient (Wildman–Crippen LogP) is 2.86. The van der Waals surface area contributed by atoms with Gasteiger partial charge in [0, 0.05) is 18.0 Å². The van der Waals surface area contributed by atoms with E-state index in [0.29, 0.717) is 24.0 Å². The van der Waals surface area contributed by atoms with Gasteiger partial charge in [0.1, 0.15) is 0 Å². The number of piperidine rings is 1. The maximum atomic E-state index is 13.1. The molecule has 0 unspecified atom stereocenters. The fourth-order valence-corrected chi connectivity index (χ4v) is 4.05. The molecule has 3 aromatic rings. The largest absolute Gasteiger partial charge is 0.416 e. The first kappa shape index (κ1) is 23.1. The van der Waals surface area contributed by atoms with Crippen molar-refractivity contribution >= 4 is 16.8 Å². The molecule has 3 heterocycles. The molecule has 0 bridgehead atoms. The number of halogens is 3. The minimum Gasteiger partial charge on any atom is -0.391 e. The monoisotopic (exact) mass is 460 g/mol. The Balaban J connectivity index is 1.66. The number of rotatable bonds is 5. The first-order valence-electron chi connectivity index (χ1n) is 10.6. The fourth-order valence-electron chi connectivity index (χ4n) is 4.05.